The molecule has 0 spiro atoms. The summed E-state index contributed by atoms with van der Waals surface area (Å²) >= 11 is 0. The first-order valence-electron chi connectivity index (χ1n) is 5.29. The smallest absolute Gasteiger partial charge is 0.312 e. The summed E-state index contributed by atoms with van der Waals surface area (Å²) in [6, 6.07) is 6.27. The fourth-order valence-electron chi connectivity index (χ4n) is 1.73. The van der Waals surface area contributed by atoms with Crippen LogP contribution in [0.3, 0.4) is 0 Å². The molecule has 0 bridgehead atoms. The van der Waals surface area contributed by atoms with E-state index >= 15 is 0 Å². The number of benzene rings is 1. The van der Waals surface area contributed by atoms with Crippen molar-refractivity contribution in [1.29, 1.82) is 0 Å². The summed E-state index contributed by atoms with van der Waals surface area (Å²) < 4.78 is 18.3. The Bertz CT molecular complexity index is 459. The zero-order valence-electron chi connectivity index (χ0n) is 9.10. The van der Waals surface area contributed by atoms with E-state index in [1.165, 1.54) is 12.1 Å². The highest BCUT2D eigenvalue weighted by atomic mass is 19.1. The highest BCUT2D eigenvalue weighted by Crippen LogP contribution is 2.14. The molecular formula is C12H12FNO3. The number of carboxylic acid groups (broad SMARTS) is 1. The van der Waals surface area contributed by atoms with E-state index in [0.717, 1.165) is 5.56 Å². The standard InChI is InChI=1S/C12H12FNO3/c13-9-3-1-2-8(4-9)5-10-7-14-11(17-10)6-12(15)16/h1-4,10H,5-7H2,(H,15,16). The number of aliphatic carboxylic acids is 1. The largest absolute Gasteiger partial charge is 0.481 e. The molecule has 1 N–H and O–H groups in total. The fraction of sp³-hybridized carbons (Fsp3) is 0.333. The number of carbonyl (C=O) groups is 1. The van der Waals surface area contributed by atoms with Gasteiger partial charge in [0.15, 0.2) is 5.90 Å². The summed E-state index contributed by atoms with van der Waals surface area (Å²) in [4.78, 5) is 14.5. The quantitative estimate of drug-likeness (QED) is 0.866. The van der Waals surface area contributed by atoms with Crippen LogP contribution in [0.4, 0.5) is 4.39 Å². The predicted molar refractivity (Wildman–Crippen MR) is 59.5 cm³/mol. The third-order valence-corrected chi connectivity index (χ3v) is 2.43. The van der Waals surface area contributed by atoms with Crippen LogP contribution in [-0.2, 0) is 16.0 Å². The highest BCUT2D eigenvalue weighted by molar-refractivity contribution is 5.94. The van der Waals surface area contributed by atoms with Crippen LogP contribution < -0.4 is 0 Å². The minimum absolute atomic E-state index is 0.189. The summed E-state index contributed by atoms with van der Waals surface area (Å²) in [6.07, 6.45) is 0.149. The van der Waals surface area contributed by atoms with E-state index in [1.807, 2.05) is 6.07 Å². The summed E-state index contributed by atoms with van der Waals surface area (Å²) in [5, 5.41) is 8.58. The fourth-order valence-corrected chi connectivity index (χ4v) is 1.73. The van der Waals surface area contributed by atoms with Gasteiger partial charge in [0.2, 0.25) is 0 Å². The zero-order valence-corrected chi connectivity index (χ0v) is 9.10. The summed E-state index contributed by atoms with van der Waals surface area (Å²) in [7, 11) is 0. The van der Waals surface area contributed by atoms with Crippen LogP contribution in [0.15, 0.2) is 29.3 Å². The Morgan fingerprint density at radius 2 is 2.41 bits per heavy atom. The molecule has 1 unspecified atom stereocenters. The van der Waals surface area contributed by atoms with Gasteiger partial charge in [0.25, 0.3) is 0 Å². The van der Waals surface area contributed by atoms with Crippen molar-refractivity contribution in [3.63, 3.8) is 0 Å². The van der Waals surface area contributed by atoms with Crippen molar-refractivity contribution in [1.82, 2.24) is 0 Å². The van der Waals surface area contributed by atoms with Crippen molar-refractivity contribution in [2.75, 3.05) is 6.54 Å². The maximum Gasteiger partial charge on any atom is 0.312 e. The molecule has 1 aromatic carbocycles. The van der Waals surface area contributed by atoms with E-state index in [1.54, 1.807) is 6.07 Å². The van der Waals surface area contributed by atoms with Crippen LogP contribution in [0.1, 0.15) is 12.0 Å². The lowest BCUT2D eigenvalue weighted by molar-refractivity contribution is -0.135. The summed E-state index contributed by atoms with van der Waals surface area (Å²) in [6.45, 7) is 0.430. The third kappa shape index (κ3) is 3.27. The lowest BCUT2D eigenvalue weighted by atomic mass is 10.1. The Kier molecular flexibility index (Phi) is 3.37. The van der Waals surface area contributed by atoms with Gasteiger partial charge < -0.3 is 9.84 Å². The van der Waals surface area contributed by atoms with E-state index in [-0.39, 0.29) is 24.2 Å². The first-order chi connectivity index (χ1) is 8.13. The molecule has 0 saturated heterocycles. The number of carboxylic acids is 1. The lowest BCUT2D eigenvalue weighted by Gasteiger charge is -2.10. The molecule has 1 aliphatic rings. The molecule has 90 valence electrons. The van der Waals surface area contributed by atoms with Crippen molar-refractivity contribution in [3.05, 3.63) is 35.6 Å². The molecule has 1 aromatic rings. The minimum Gasteiger partial charge on any atom is -0.481 e. The molecule has 1 heterocycles. The van der Waals surface area contributed by atoms with Crippen LogP contribution >= 0.6 is 0 Å². The number of hydrogen-bond acceptors (Lipinski definition) is 3. The second-order valence-electron chi connectivity index (χ2n) is 3.88. The van der Waals surface area contributed by atoms with Crippen molar-refractivity contribution >= 4 is 11.9 Å². The van der Waals surface area contributed by atoms with Gasteiger partial charge in [0.05, 0.1) is 6.54 Å². The average Bonchev–Trinajstić information content (AvgIpc) is 2.64. The van der Waals surface area contributed by atoms with Gasteiger partial charge in [0, 0.05) is 6.42 Å². The molecular weight excluding hydrogens is 225 g/mol. The average molecular weight is 237 g/mol. The van der Waals surface area contributed by atoms with E-state index in [9.17, 15) is 9.18 Å². The van der Waals surface area contributed by atoms with Gasteiger partial charge in [-0.05, 0) is 17.7 Å². The molecule has 17 heavy (non-hydrogen) atoms. The topological polar surface area (TPSA) is 58.9 Å². The van der Waals surface area contributed by atoms with Crippen molar-refractivity contribution in [2.45, 2.75) is 18.9 Å². The number of ether oxygens (including phenoxy) is 1. The van der Waals surface area contributed by atoms with E-state index in [4.69, 9.17) is 9.84 Å². The first kappa shape index (κ1) is 11.6. The molecule has 2 rings (SSSR count). The van der Waals surface area contributed by atoms with Crippen LogP contribution in [-0.4, -0.2) is 29.6 Å². The monoisotopic (exact) mass is 237 g/mol. The summed E-state index contributed by atoms with van der Waals surface area (Å²) in [5.74, 6) is -0.999. The number of hydrogen-bond donors (Lipinski definition) is 1. The van der Waals surface area contributed by atoms with Crippen molar-refractivity contribution in [2.24, 2.45) is 4.99 Å². The second-order valence-corrected chi connectivity index (χ2v) is 3.88. The second kappa shape index (κ2) is 4.95. The SMILES string of the molecule is O=C(O)CC1=NCC(Cc2cccc(F)c2)O1. The molecule has 0 saturated carbocycles. The van der Waals surface area contributed by atoms with Gasteiger partial charge in [-0.25, -0.2) is 4.39 Å². The van der Waals surface area contributed by atoms with Crippen LogP contribution in [0.2, 0.25) is 0 Å². The Labute approximate surface area is 97.7 Å². The van der Waals surface area contributed by atoms with Gasteiger partial charge in [-0.1, -0.05) is 12.1 Å². The predicted octanol–water partition coefficient (Wildman–Crippen LogP) is 1.64. The number of rotatable bonds is 4. The van der Waals surface area contributed by atoms with Gasteiger partial charge >= 0.3 is 5.97 Å². The van der Waals surface area contributed by atoms with E-state index < -0.39 is 5.97 Å². The molecule has 5 heteroatoms. The highest BCUT2D eigenvalue weighted by Gasteiger charge is 2.21. The Balaban J connectivity index is 1.89. The third-order valence-electron chi connectivity index (χ3n) is 2.43. The van der Waals surface area contributed by atoms with Gasteiger partial charge in [-0.3, -0.25) is 9.79 Å². The molecule has 0 amide bonds. The molecule has 1 aliphatic heterocycles. The van der Waals surface area contributed by atoms with Gasteiger partial charge in [-0.2, -0.15) is 0 Å². The Morgan fingerprint density at radius 1 is 1.59 bits per heavy atom. The van der Waals surface area contributed by atoms with Crippen LogP contribution in [0.25, 0.3) is 0 Å². The Hall–Kier alpha value is -1.91. The maximum atomic E-state index is 12.9. The van der Waals surface area contributed by atoms with Crippen LogP contribution in [0, 0.1) is 5.82 Å². The number of halogens is 1. The van der Waals surface area contributed by atoms with Crippen LogP contribution in [0.5, 0.6) is 0 Å². The molecule has 4 nitrogen and oxygen atoms in total. The first-order valence-corrected chi connectivity index (χ1v) is 5.29. The molecule has 0 radical (unpaired) electrons. The van der Waals surface area contributed by atoms with E-state index in [2.05, 4.69) is 4.99 Å². The number of aliphatic imine (C=N–C) groups is 1. The minimum atomic E-state index is -0.963. The molecule has 0 fully saturated rings. The molecule has 1 atom stereocenters. The lowest BCUT2D eigenvalue weighted by Crippen LogP contribution is -2.17. The summed E-state index contributed by atoms with van der Waals surface area (Å²) in [5.41, 5.74) is 0.821. The molecule has 0 aromatic heterocycles. The van der Waals surface area contributed by atoms with Gasteiger partial charge in [-0.15, -0.1) is 0 Å². The zero-order chi connectivity index (χ0) is 12.3. The van der Waals surface area contributed by atoms with Gasteiger partial charge in [0.1, 0.15) is 18.3 Å². The molecule has 0 aliphatic carbocycles. The number of nitrogens with zero attached hydrogens (tertiary/aromatic N) is 1. The van der Waals surface area contributed by atoms with Crippen molar-refractivity contribution in [3.8, 4) is 0 Å². The van der Waals surface area contributed by atoms with E-state index in [0.29, 0.717) is 13.0 Å². The normalized spacial score (nSPS) is 18.6. The maximum absolute atomic E-state index is 12.9. The Morgan fingerprint density at radius 3 is 3.12 bits per heavy atom. The van der Waals surface area contributed by atoms with Crippen molar-refractivity contribution < 1.29 is 19.0 Å².